The molecule has 0 saturated carbocycles. The third kappa shape index (κ3) is 5.26. The second kappa shape index (κ2) is 7.02. The number of alkyl halides is 3. The molecule has 1 aliphatic heterocycles. The van der Waals surface area contributed by atoms with Gasteiger partial charge in [0.25, 0.3) is 0 Å². The Balaban J connectivity index is 1.94. The van der Waals surface area contributed by atoms with Gasteiger partial charge in [-0.1, -0.05) is 29.8 Å². The van der Waals surface area contributed by atoms with Gasteiger partial charge < -0.3 is 10.2 Å². The van der Waals surface area contributed by atoms with Crippen molar-refractivity contribution in [1.82, 2.24) is 10.2 Å². The summed E-state index contributed by atoms with van der Waals surface area (Å²) >= 11 is 0. The minimum Gasteiger partial charge on any atom is -0.347 e. The van der Waals surface area contributed by atoms with Crippen LogP contribution in [-0.2, 0) is 16.1 Å². The van der Waals surface area contributed by atoms with Crippen molar-refractivity contribution in [2.75, 3.05) is 6.54 Å². The number of nitrogens with one attached hydrogen (secondary N) is 1. The molecule has 0 aliphatic carbocycles. The molecule has 0 radical (unpaired) electrons. The van der Waals surface area contributed by atoms with Crippen LogP contribution in [0.4, 0.5) is 13.2 Å². The van der Waals surface area contributed by atoms with E-state index in [2.05, 4.69) is 0 Å². The Hall–Kier alpha value is -2.05. The molecule has 2 rings (SSSR count). The van der Waals surface area contributed by atoms with E-state index in [0.717, 1.165) is 11.1 Å². The number of nitrogens with zero attached hydrogens (tertiary/aromatic N) is 1. The van der Waals surface area contributed by atoms with Crippen molar-refractivity contribution >= 4 is 11.8 Å². The maximum atomic E-state index is 12.1. The smallest absolute Gasteiger partial charge is 0.347 e. The molecule has 2 amide bonds. The van der Waals surface area contributed by atoms with Crippen LogP contribution in [0.1, 0.15) is 30.4 Å². The van der Waals surface area contributed by atoms with E-state index >= 15 is 0 Å². The second-order valence-corrected chi connectivity index (χ2v) is 5.80. The molecule has 126 valence electrons. The predicted octanol–water partition coefficient (Wildman–Crippen LogP) is 2.55. The largest absolute Gasteiger partial charge is 0.405 e. The molecule has 1 aliphatic rings. The SMILES string of the molecule is Cc1ccc(CN2C(=O)CCC2CC(=O)NCC(F)(F)F)cc1. The van der Waals surface area contributed by atoms with Crippen molar-refractivity contribution in [3.63, 3.8) is 0 Å². The molecule has 1 heterocycles. The average molecular weight is 328 g/mol. The number of carbonyl (C=O) groups excluding carboxylic acids is 2. The van der Waals surface area contributed by atoms with Crippen LogP contribution in [-0.4, -0.2) is 35.5 Å². The number of aryl methyl sites for hydroxylation is 1. The first-order chi connectivity index (χ1) is 10.7. The highest BCUT2D eigenvalue weighted by molar-refractivity contribution is 5.82. The van der Waals surface area contributed by atoms with Gasteiger partial charge in [-0.15, -0.1) is 0 Å². The summed E-state index contributed by atoms with van der Waals surface area (Å²) in [4.78, 5) is 25.2. The Labute approximate surface area is 132 Å². The molecule has 1 unspecified atom stereocenters. The molecule has 0 aromatic heterocycles. The van der Waals surface area contributed by atoms with Gasteiger partial charge in [-0.05, 0) is 18.9 Å². The van der Waals surface area contributed by atoms with Crippen molar-refractivity contribution in [3.8, 4) is 0 Å². The molecular formula is C16H19F3N2O2. The topological polar surface area (TPSA) is 49.4 Å². The highest BCUT2D eigenvalue weighted by atomic mass is 19.4. The molecular weight excluding hydrogens is 309 g/mol. The molecule has 1 fully saturated rings. The molecule has 1 aromatic carbocycles. The maximum Gasteiger partial charge on any atom is 0.405 e. The lowest BCUT2D eigenvalue weighted by Gasteiger charge is -2.24. The Morgan fingerprint density at radius 1 is 1.30 bits per heavy atom. The van der Waals surface area contributed by atoms with Crippen LogP contribution in [0.25, 0.3) is 0 Å². The Morgan fingerprint density at radius 3 is 2.57 bits per heavy atom. The Bertz CT molecular complexity index is 570. The summed E-state index contributed by atoms with van der Waals surface area (Å²) in [7, 11) is 0. The number of rotatable bonds is 5. The van der Waals surface area contributed by atoms with Gasteiger partial charge in [0.05, 0.1) is 0 Å². The van der Waals surface area contributed by atoms with Gasteiger partial charge in [0.1, 0.15) is 6.54 Å². The molecule has 4 nitrogen and oxygen atoms in total. The summed E-state index contributed by atoms with van der Waals surface area (Å²) in [5.74, 6) is -0.755. The van der Waals surface area contributed by atoms with E-state index in [4.69, 9.17) is 0 Å². The zero-order valence-electron chi connectivity index (χ0n) is 12.8. The third-order valence-corrected chi connectivity index (χ3v) is 3.83. The summed E-state index contributed by atoms with van der Waals surface area (Å²) in [5.41, 5.74) is 2.04. The van der Waals surface area contributed by atoms with Crippen molar-refractivity contribution in [2.24, 2.45) is 0 Å². The summed E-state index contributed by atoms with van der Waals surface area (Å²) in [6.07, 6.45) is -3.72. The highest BCUT2D eigenvalue weighted by Gasteiger charge is 2.33. The maximum absolute atomic E-state index is 12.1. The number of amides is 2. The number of halogens is 3. The van der Waals surface area contributed by atoms with Crippen molar-refractivity contribution in [2.45, 2.75) is 44.9 Å². The van der Waals surface area contributed by atoms with Gasteiger partial charge in [0, 0.05) is 25.4 Å². The number of hydrogen-bond donors (Lipinski definition) is 1. The summed E-state index contributed by atoms with van der Waals surface area (Å²) < 4.78 is 36.3. The van der Waals surface area contributed by atoms with Crippen LogP contribution in [0.15, 0.2) is 24.3 Å². The lowest BCUT2D eigenvalue weighted by molar-refractivity contribution is -0.139. The predicted molar refractivity (Wildman–Crippen MR) is 78.4 cm³/mol. The highest BCUT2D eigenvalue weighted by Crippen LogP contribution is 2.24. The van der Waals surface area contributed by atoms with Gasteiger partial charge in [-0.25, -0.2) is 0 Å². The zero-order valence-corrected chi connectivity index (χ0v) is 12.8. The van der Waals surface area contributed by atoms with Crippen LogP contribution in [0, 0.1) is 6.92 Å². The van der Waals surface area contributed by atoms with Crippen molar-refractivity contribution < 1.29 is 22.8 Å². The lowest BCUT2D eigenvalue weighted by Crippen LogP contribution is -2.39. The van der Waals surface area contributed by atoms with Gasteiger partial charge in [0.15, 0.2) is 0 Å². The standard InChI is InChI=1S/C16H19F3N2O2/c1-11-2-4-12(5-3-11)9-21-13(6-7-15(21)23)8-14(22)20-10-16(17,18)19/h2-5,13H,6-10H2,1H3,(H,20,22). The van der Waals surface area contributed by atoms with Gasteiger partial charge in [0.2, 0.25) is 11.8 Å². The van der Waals surface area contributed by atoms with E-state index < -0.39 is 18.6 Å². The van der Waals surface area contributed by atoms with Crippen LogP contribution in [0.2, 0.25) is 0 Å². The number of benzene rings is 1. The molecule has 23 heavy (non-hydrogen) atoms. The van der Waals surface area contributed by atoms with E-state index in [0.29, 0.717) is 19.4 Å². The summed E-state index contributed by atoms with van der Waals surface area (Å²) in [5, 5.41) is 1.85. The average Bonchev–Trinajstić information content (AvgIpc) is 2.80. The first-order valence-electron chi connectivity index (χ1n) is 7.43. The van der Waals surface area contributed by atoms with Crippen LogP contribution < -0.4 is 5.32 Å². The minimum atomic E-state index is -4.43. The first-order valence-corrected chi connectivity index (χ1v) is 7.43. The van der Waals surface area contributed by atoms with Crippen molar-refractivity contribution in [3.05, 3.63) is 35.4 Å². The monoisotopic (exact) mass is 328 g/mol. The fraction of sp³-hybridized carbons (Fsp3) is 0.500. The molecule has 0 bridgehead atoms. The quantitative estimate of drug-likeness (QED) is 0.903. The van der Waals surface area contributed by atoms with E-state index in [1.807, 2.05) is 36.5 Å². The van der Waals surface area contributed by atoms with E-state index in [-0.39, 0.29) is 18.4 Å². The Kier molecular flexibility index (Phi) is 5.28. The normalized spacial score (nSPS) is 18.3. The van der Waals surface area contributed by atoms with Gasteiger partial charge >= 0.3 is 6.18 Å². The molecule has 1 N–H and O–H groups in total. The molecule has 7 heteroatoms. The zero-order chi connectivity index (χ0) is 17.0. The van der Waals surface area contributed by atoms with E-state index in [1.54, 1.807) is 4.90 Å². The molecule has 1 atom stereocenters. The lowest BCUT2D eigenvalue weighted by atomic mass is 10.1. The molecule has 1 saturated heterocycles. The van der Waals surface area contributed by atoms with Crippen LogP contribution in [0.5, 0.6) is 0 Å². The number of hydrogen-bond acceptors (Lipinski definition) is 2. The van der Waals surface area contributed by atoms with Crippen LogP contribution >= 0.6 is 0 Å². The van der Waals surface area contributed by atoms with Crippen molar-refractivity contribution in [1.29, 1.82) is 0 Å². The fourth-order valence-corrected chi connectivity index (χ4v) is 2.60. The third-order valence-electron chi connectivity index (χ3n) is 3.83. The number of likely N-dealkylation sites (tertiary alicyclic amines) is 1. The second-order valence-electron chi connectivity index (χ2n) is 5.80. The Morgan fingerprint density at radius 2 is 1.96 bits per heavy atom. The minimum absolute atomic E-state index is 0.0702. The van der Waals surface area contributed by atoms with Crippen LogP contribution in [0.3, 0.4) is 0 Å². The first kappa shape index (κ1) is 17.3. The van der Waals surface area contributed by atoms with Gasteiger partial charge in [-0.3, -0.25) is 9.59 Å². The molecule has 1 aromatic rings. The van der Waals surface area contributed by atoms with Gasteiger partial charge in [-0.2, -0.15) is 13.2 Å². The summed E-state index contributed by atoms with van der Waals surface area (Å²) in [6, 6.07) is 7.32. The van der Waals surface area contributed by atoms with E-state index in [1.165, 1.54) is 0 Å². The molecule has 0 spiro atoms. The summed E-state index contributed by atoms with van der Waals surface area (Å²) in [6.45, 7) is 0.985. The van der Waals surface area contributed by atoms with E-state index in [9.17, 15) is 22.8 Å². The number of carbonyl (C=O) groups is 2. The fourth-order valence-electron chi connectivity index (χ4n) is 2.60.